The lowest BCUT2D eigenvalue weighted by molar-refractivity contribution is -0.0275. The van der Waals surface area contributed by atoms with Crippen LogP contribution in [0.25, 0.3) is 5.57 Å². The number of hydrogen-bond acceptors (Lipinski definition) is 5. The molecule has 0 amide bonds. The molecule has 1 aliphatic heterocycles. The maximum absolute atomic E-state index is 6.24. The molecular weight excluding hydrogens is 360 g/mol. The second kappa shape index (κ2) is 7.08. The van der Waals surface area contributed by atoms with E-state index in [2.05, 4.69) is 29.3 Å². The van der Waals surface area contributed by atoms with E-state index in [0.717, 1.165) is 28.2 Å². The van der Waals surface area contributed by atoms with E-state index >= 15 is 0 Å². The van der Waals surface area contributed by atoms with Crippen molar-refractivity contribution in [2.45, 2.75) is 38.5 Å². The Hall–Kier alpha value is -3.05. The van der Waals surface area contributed by atoms with Crippen LogP contribution in [0.1, 0.15) is 35.9 Å². The van der Waals surface area contributed by atoms with Gasteiger partial charge in [0.1, 0.15) is 11.4 Å². The summed E-state index contributed by atoms with van der Waals surface area (Å²) >= 11 is 0. The van der Waals surface area contributed by atoms with Crippen molar-refractivity contribution in [2.75, 3.05) is 7.11 Å². The first-order valence-electron chi connectivity index (χ1n) is 9.76. The third-order valence-corrected chi connectivity index (χ3v) is 5.68. The summed E-state index contributed by atoms with van der Waals surface area (Å²) in [5.74, 6) is 0.442. The second-order valence-corrected chi connectivity index (χ2v) is 7.69. The molecule has 29 heavy (non-hydrogen) atoms. The van der Waals surface area contributed by atoms with Crippen LogP contribution in [0.2, 0.25) is 0 Å². The van der Waals surface area contributed by atoms with Crippen LogP contribution in [-0.4, -0.2) is 29.2 Å². The molecule has 0 radical (unpaired) electrons. The van der Waals surface area contributed by atoms with Gasteiger partial charge in [0, 0.05) is 30.5 Å². The quantitative estimate of drug-likeness (QED) is 0.859. The lowest BCUT2D eigenvalue weighted by Crippen LogP contribution is -2.50. The zero-order valence-electron chi connectivity index (χ0n) is 17.3. The van der Waals surface area contributed by atoms with Crippen molar-refractivity contribution in [1.29, 1.82) is 0 Å². The zero-order chi connectivity index (χ0) is 20.6. The predicted octanol–water partition coefficient (Wildman–Crippen LogP) is 4.11. The maximum atomic E-state index is 6.24. The van der Waals surface area contributed by atoms with Gasteiger partial charge in [0.05, 0.1) is 5.71 Å². The molecule has 148 valence electrons. The van der Waals surface area contributed by atoms with Gasteiger partial charge < -0.3 is 10.5 Å². The fraction of sp³-hybridized carbons (Fsp3) is 0.292. The van der Waals surface area contributed by atoms with Crippen molar-refractivity contribution >= 4 is 17.1 Å². The minimum atomic E-state index is -1.00. The number of aryl methyl sites for hydroxylation is 2. The molecule has 0 fully saturated rings. The number of rotatable bonds is 4. The molecule has 0 saturated carbocycles. The fourth-order valence-corrected chi connectivity index (χ4v) is 4.27. The Morgan fingerprint density at radius 1 is 1.00 bits per heavy atom. The van der Waals surface area contributed by atoms with Gasteiger partial charge >= 0.3 is 0 Å². The number of amidine groups is 1. The van der Waals surface area contributed by atoms with Gasteiger partial charge in [-0.1, -0.05) is 42.5 Å². The van der Waals surface area contributed by atoms with Crippen LogP contribution in [0, 0.1) is 13.8 Å². The van der Waals surface area contributed by atoms with E-state index in [1.54, 1.807) is 7.11 Å². The number of methoxy groups -OCH3 is 1. The van der Waals surface area contributed by atoms with Crippen molar-refractivity contribution in [3.05, 3.63) is 83.2 Å². The highest BCUT2D eigenvalue weighted by Gasteiger charge is 2.55. The van der Waals surface area contributed by atoms with Gasteiger partial charge in [0.2, 0.25) is 5.66 Å². The first kappa shape index (κ1) is 19.3. The summed E-state index contributed by atoms with van der Waals surface area (Å²) in [6, 6.07) is 14.4. The number of aromatic nitrogens is 1. The average Bonchev–Trinajstić information content (AvgIpc) is 3.04. The molecule has 0 spiro atoms. The smallest absolute Gasteiger partial charge is 0.211 e. The third kappa shape index (κ3) is 3.12. The molecule has 2 N–H and O–H groups in total. The molecule has 2 atom stereocenters. The minimum absolute atomic E-state index is 0.442. The molecule has 5 nitrogen and oxygen atoms in total. The third-order valence-electron chi connectivity index (χ3n) is 5.68. The van der Waals surface area contributed by atoms with Gasteiger partial charge in [0.15, 0.2) is 0 Å². The Morgan fingerprint density at radius 3 is 2.28 bits per heavy atom. The summed E-state index contributed by atoms with van der Waals surface area (Å²) in [5.41, 5.74) is 10.2. The van der Waals surface area contributed by atoms with Crippen LogP contribution in [0.4, 0.5) is 0 Å². The molecule has 1 aromatic carbocycles. The van der Waals surface area contributed by atoms with Crippen molar-refractivity contribution in [3.63, 3.8) is 0 Å². The summed E-state index contributed by atoms with van der Waals surface area (Å²) in [7, 11) is 1.72. The number of allylic oxidation sites excluding steroid dienone is 2. The van der Waals surface area contributed by atoms with Crippen molar-refractivity contribution in [3.8, 4) is 0 Å². The summed E-state index contributed by atoms with van der Waals surface area (Å²) in [6.07, 6.45) is 6.84. The molecule has 1 aromatic heterocycles. The van der Waals surface area contributed by atoms with Crippen LogP contribution >= 0.6 is 0 Å². The molecule has 2 aliphatic rings. The first-order chi connectivity index (χ1) is 13.9. The van der Waals surface area contributed by atoms with Crippen LogP contribution in [0.5, 0.6) is 0 Å². The van der Waals surface area contributed by atoms with Crippen molar-refractivity contribution in [1.82, 2.24) is 4.98 Å². The van der Waals surface area contributed by atoms with Gasteiger partial charge in [-0.05, 0) is 50.1 Å². The topological polar surface area (TPSA) is 72.9 Å². The Kier molecular flexibility index (Phi) is 4.71. The van der Waals surface area contributed by atoms with Crippen LogP contribution in [-0.2, 0) is 10.4 Å². The monoisotopic (exact) mass is 386 g/mol. The zero-order valence-corrected chi connectivity index (χ0v) is 17.3. The normalized spacial score (nSPS) is 26.1. The van der Waals surface area contributed by atoms with Gasteiger partial charge in [-0.15, -0.1) is 0 Å². The van der Waals surface area contributed by atoms with Gasteiger partial charge in [-0.2, -0.15) is 0 Å². The Balaban J connectivity index is 1.91. The summed E-state index contributed by atoms with van der Waals surface area (Å²) in [6.45, 7) is 5.86. The summed E-state index contributed by atoms with van der Waals surface area (Å²) < 4.78 is 6.23. The predicted molar refractivity (Wildman–Crippen MR) is 118 cm³/mol. The van der Waals surface area contributed by atoms with E-state index in [9.17, 15) is 0 Å². The Bertz CT molecular complexity index is 1030. The Morgan fingerprint density at radius 2 is 1.69 bits per heavy atom. The van der Waals surface area contributed by atoms with Gasteiger partial charge in [0.25, 0.3) is 0 Å². The molecule has 5 heteroatoms. The lowest BCUT2D eigenvalue weighted by Gasteiger charge is -2.43. The van der Waals surface area contributed by atoms with Crippen molar-refractivity contribution < 1.29 is 4.74 Å². The molecule has 2 unspecified atom stereocenters. The highest BCUT2D eigenvalue weighted by Crippen LogP contribution is 2.50. The number of aliphatic imine (C=N–C) groups is 2. The molecular formula is C24H26N4O. The van der Waals surface area contributed by atoms with E-state index in [0.29, 0.717) is 12.3 Å². The number of benzene rings is 1. The highest BCUT2D eigenvalue weighted by molar-refractivity contribution is 6.41. The minimum Gasteiger partial charge on any atom is -0.382 e. The number of nitrogens with two attached hydrogens (primary N) is 1. The van der Waals surface area contributed by atoms with Crippen LogP contribution in [0.3, 0.4) is 0 Å². The lowest BCUT2D eigenvalue weighted by atomic mass is 9.74. The maximum Gasteiger partial charge on any atom is 0.211 e. The number of pyridine rings is 1. The summed E-state index contributed by atoms with van der Waals surface area (Å²) in [5, 5.41) is 0. The van der Waals surface area contributed by atoms with Crippen LogP contribution < -0.4 is 5.73 Å². The number of nitrogens with zero attached hydrogens (tertiary/aromatic N) is 3. The molecule has 0 saturated heterocycles. The van der Waals surface area contributed by atoms with Crippen molar-refractivity contribution in [2.24, 2.45) is 15.7 Å². The molecule has 1 aliphatic carbocycles. The second-order valence-electron chi connectivity index (χ2n) is 7.69. The summed E-state index contributed by atoms with van der Waals surface area (Å²) in [4.78, 5) is 14.4. The van der Waals surface area contributed by atoms with E-state index in [1.165, 1.54) is 5.57 Å². The van der Waals surface area contributed by atoms with Crippen LogP contribution in [0.15, 0.2) is 70.7 Å². The molecule has 0 bridgehead atoms. The number of ether oxygens (including phenoxy) is 1. The standard InChI is InChI=1S/C24H26N4O/c1-16-13-21(14-17(2)26-16)24(27-18(3)22(25)28-24)23(29-4)12-8-11-20(15-23)19-9-6-5-7-10-19/h5-14H,15H2,1-4H3,(H2,25,28). The number of hydrogen-bond donors (Lipinski definition) is 1. The molecule has 2 heterocycles. The largest absolute Gasteiger partial charge is 0.382 e. The highest BCUT2D eigenvalue weighted by atomic mass is 16.5. The van der Waals surface area contributed by atoms with E-state index in [-0.39, 0.29) is 0 Å². The first-order valence-corrected chi connectivity index (χ1v) is 9.76. The van der Waals surface area contributed by atoms with E-state index < -0.39 is 11.3 Å². The SMILES string of the molecule is COC1(C2(c3cc(C)nc(C)c3)N=C(C)C(N)=N2)C=CC=C(c2ccccc2)C1. The van der Waals surface area contributed by atoms with Gasteiger partial charge in [-0.3, -0.25) is 4.98 Å². The Labute approximate surface area is 171 Å². The molecule has 2 aromatic rings. The van der Waals surface area contributed by atoms with E-state index in [1.807, 2.05) is 57.2 Å². The fourth-order valence-electron chi connectivity index (χ4n) is 4.27. The van der Waals surface area contributed by atoms with E-state index in [4.69, 9.17) is 20.5 Å². The average molecular weight is 386 g/mol. The molecule has 4 rings (SSSR count). The van der Waals surface area contributed by atoms with Gasteiger partial charge in [-0.25, -0.2) is 9.98 Å².